The van der Waals surface area contributed by atoms with E-state index in [1.54, 1.807) is 18.6 Å². The Hall–Kier alpha value is -5.41. The highest BCUT2D eigenvalue weighted by Gasteiger charge is 2.28. The van der Waals surface area contributed by atoms with Gasteiger partial charge in [0.05, 0.1) is 27.6 Å². The average molecular weight is 1060 g/mol. The van der Waals surface area contributed by atoms with E-state index in [9.17, 15) is 9.59 Å². The molecule has 1 aliphatic rings. The molecule has 15 nitrogen and oxygen atoms in total. The number of amides is 2. The molecule has 2 amide bonds. The number of pyridine rings is 1. The maximum atomic E-state index is 13.8. The molecule has 4 heterocycles. The van der Waals surface area contributed by atoms with Crippen LogP contribution in [-0.4, -0.2) is 125 Å². The molecule has 0 saturated carbocycles. The van der Waals surface area contributed by atoms with Crippen LogP contribution in [-0.2, 0) is 23.1 Å². The highest BCUT2D eigenvalue weighted by Crippen LogP contribution is 2.35. The van der Waals surface area contributed by atoms with Gasteiger partial charge in [-0.3, -0.25) is 34.2 Å². The molecular weight excluding hydrogens is 979 g/mol. The lowest BCUT2D eigenvalue weighted by molar-refractivity contribution is -0.133. The van der Waals surface area contributed by atoms with Crippen molar-refractivity contribution < 1.29 is 14.5 Å². The smallest absolute Gasteiger partial charge is 0.234 e. The Morgan fingerprint density at radius 1 is 1.05 bits per heavy atom. The molecule has 0 radical (unpaired) electrons. The van der Waals surface area contributed by atoms with Gasteiger partial charge in [-0.1, -0.05) is 95.3 Å². The van der Waals surface area contributed by atoms with E-state index in [2.05, 4.69) is 103 Å². The van der Waals surface area contributed by atoms with Crippen LogP contribution in [0.3, 0.4) is 0 Å². The number of likely N-dealkylation sites (N-methyl/N-ethyl adjacent to an activating group) is 1. The number of halogens is 2. The Kier molecular flexibility index (Phi) is 24.8. The number of nitrogens with zero attached hydrogens (tertiary/aromatic N) is 8. The van der Waals surface area contributed by atoms with E-state index in [0.717, 1.165) is 101 Å². The number of carbonyl (C=O) groups excluding carboxylic acids is 2. The summed E-state index contributed by atoms with van der Waals surface area (Å²) in [4.78, 5) is 48.4. The van der Waals surface area contributed by atoms with Gasteiger partial charge >= 0.3 is 0 Å². The molecule has 0 bridgehead atoms. The van der Waals surface area contributed by atoms with Crippen molar-refractivity contribution in [2.45, 2.75) is 85.0 Å². The number of aromatic amines is 1. The van der Waals surface area contributed by atoms with Gasteiger partial charge in [-0.25, -0.2) is 0 Å². The zero-order valence-electron chi connectivity index (χ0n) is 44.3. The van der Waals surface area contributed by atoms with Crippen molar-refractivity contribution in [1.82, 2.24) is 50.7 Å². The fourth-order valence-corrected chi connectivity index (χ4v) is 9.81. The first kappa shape index (κ1) is 60.1. The molecule has 73 heavy (non-hydrogen) atoms. The molecule has 1 unspecified atom stereocenters. The summed E-state index contributed by atoms with van der Waals surface area (Å²) >= 11 is 13.0. The van der Waals surface area contributed by atoms with E-state index in [4.69, 9.17) is 33.2 Å². The number of aryl methyl sites for hydroxylation is 1. The number of rotatable bonds is 25. The number of aromatic nitrogens is 5. The fraction of sp³-hybridized carbons (Fsp3) is 0.455. The van der Waals surface area contributed by atoms with Crippen LogP contribution in [0.4, 0.5) is 5.82 Å². The molecular formula is C55H79Cl2N12O3P. The number of hydrogen-bond acceptors (Lipinski definition) is 11. The summed E-state index contributed by atoms with van der Waals surface area (Å²) in [5.41, 5.74) is 7.36. The molecule has 0 spiro atoms. The average Bonchev–Trinajstić information content (AvgIpc) is 3.96. The monoisotopic (exact) mass is 1060 g/mol. The van der Waals surface area contributed by atoms with Gasteiger partial charge in [-0.2, -0.15) is 10.2 Å². The third kappa shape index (κ3) is 17.1. The molecule has 18 heteroatoms. The Labute approximate surface area is 445 Å². The summed E-state index contributed by atoms with van der Waals surface area (Å²) in [5, 5.41) is 25.2. The van der Waals surface area contributed by atoms with Gasteiger partial charge in [-0.15, -0.1) is 0 Å². The standard InChI is InChI=1S/C53H70Cl2N12O2.C2H6.H3OP/c1-10-66(25-18-37(3)58-8)52-42-16-15-40(29-47(42)64(9)63-52)39-19-23-65(24-20-39)34-48(68)60-35-53(4,5)30-49(69)67(26-21-56-6)22-12-11-13-41(31-57-7)51-43-28-38(14-17-46(43)61-62-51)27-36(2)50-44(54)32-59-33-45(50)55;2*1-2/h10-11,13-17,28-29,31-33,36,39,56,58H,1,3,7,12,18-27,30,34-35H2,2,4-6,8-9H3,(H,60,68)(H,61,62);1-2H3;1H,2H2/b13-11-,41-31+;;/t36-;;/m0../s1. The van der Waals surface area contributed by atoms with Crippen LogP contribution in [0.2, 0.25) is 10.0 Å². The first-order valence-corrected chi connectivity index (χ1v) is 26.4. The highest BCUT2D eigenvalue weighted by atomic mass is 35.5. The minimum atomic E-state index is -0.443. The predicted molar refractivity (Wildman–Crippen MR) is 308 cm³/mol. The number of hydrogen-bond donors (Lipinski definition) is 5. The lowest BCUT2D eigenvalue weighted by Crippen LogP contribution is -2.45. The van der Waals surface area contributed by atoms with Crippen LogP contribution >= 0.6 is 32.7 Å². The van der Waals surface area contributed by atoms with Crippen molar-refractivity contribution in [3.63, 3.8) is 0 Å². The second-order valence-corrected chi connectivity index (χ2v) is 19.7. The number of allylic oxidation sites excluding steroid dienone is 2. The van der Waals surface area contributed by atoms with Crippen LogP contribution in [0.5, 0.6) is 0 Å². The van der Waals surface area contributed by atoms with Crippen molar-refractivity contribution >= 4 is 84.4 Å². The van der Waals surface area contributed by atoms with E-state index < -0.39 is 5.41 Å². The van der Waals surface area contributed by atoms with E-state index in [1.807, 2.05) is 82.8 Å². The molecule has 1 saturated heterocycles. The Balaban J connectivity index is 0.00000282. The van der Waals surface area contributed by atoms with Crippen LogP contribution in [0.15, 0.2) is 97.2 Å². The van der Waals surface area contributed by atoms with Crippen LogP contribution < -0.4 is 20.9 Å². The quantitative estimate of drug-likeness (QED) is 0.0215. The second kappa shape index (κ2) is 30.1. The van der Waals surface area contributed by atoms with Crippen LogP contribution in [0.25, 0.3) is 27.4 Å². The Morgan fingerprint density at radius 2 is 1.77 bits per heavy atom. The second-order valence-electron chi connectivity index (χ2n) is 18.9. The maximum absolute atomic E-state index is 13.8. The molecule has 2 atom stereocenters. The molecule has 5 aromatic rings. The van der Waals surface area contributed by atoms with Gasteiger partial charge in [0.25, 0.3) is 0 Å². The summed E-state index contributed by atoms with van der Waals surface area (Å²) in [6.45, 7) is 26.9. The Bertz CT molecular complexity index is 2650. The predicted octanol–water partition coefficient (Wildman–Crippen LogP) is 9.81. The lowest BCUT2D eigenvalue weighted by Gasteiger charge is -2.32. The number of nitrogens with one attached hydrogen (secondary N) is 4. The number of fused-ring (bicyclic) bond motifs is 2. The van der Waals surface area contributed by atoms with E-state index in [1.165, 1.54) is 15.0 Å². The third-order valence-electron chi connectivity index (χ3n) is 13.1. The minimum Gasteiger partial charge on any atom is -0.392 e. The SMILES string of the molecule is C=CN(CCC(=C)NC)c1nn(C)c2cc(C3CCN(CC(=O)NCC(C)(C)CC(=O)N(CC/C=C\C(=C/N=C)c4n[nH]c5ccc(C[C@H](C)c6c(Cl)cncc6Cl)cc45)CCNC)CC3)ccc12.CC.OP. The molecule has 2 aromatic carbocycles. The number of benzene rings is 2. The maximum Gasteiger partial charge on any atom is 0.234 e. The Morgan fingerprint density at radius 3 is 2.42 bits per heavy atom. The fourth-order valence-electron chi connectivity index (χ4n) is 9.08. The molecule has 396 valence electrons. The van der Waals surface area contributed by atoms with Gasteiger partial charge < -0.3 is 30.6 Å². The summed E-state index contributed by atoms with van der Waals surface area (Å²) in [7, 11) is 7.17. The van der Waals surface area contributed by atoms with Crippen molar-refractivity contribution in [3.05, 3.63) is 125 Å². The molecule has 1 aliphatic heterocycles. The number of piperidine rings is 1. The van der Waals surface area contributed by atoms with Gasteiger partial charge in [0.2, 0.25) is 11.8 Å². The van der Waals surface area contributed by atoms with E-state index in [-0.39, 0.29) is 17.7 Å². The molecule has 1 fully saturated rings. The molecule has 3 aromatic heterocycles. The first-order chi connectivity index (χ1) is 35.1. The number of carbonyl (C=O) groups is 2. The minimum absolute atomic E-state index is 0.0202. The molecule has 5 N–H and O–H groups in total. The normalized spacial score (nSPS) is 13.7. The van der Waals surface area contributed by atoms with E-state index in [0.29, 0.717) is 61.5 Å². The summed E-state index contributed by atoms with van der Waals surface area (Å²) in [6, 6.07) is 12.9. The van der Waals surface area contributed by atoms with Crippen molar-refractivity contribution in [1.29, 1.82) is 0 Å². The van der Waals surface area contributed by atoms with Gasteiger partial charge in [0.1, 0.15) is 5.69 Å². The highest BCUT2D eigenvalue weighted by molar-refractivity contribution is 7.08. The number of aliphatic imine (C=N–C) groups is 1. The summed E-state index contributed by atoms with van der Waals surface area (Å²) in [5.74, 6) is 1.39. The van der Waals surface area contributed by atoms with Crippen LogP contribution in [0, 0.1) is 5.41 Å². The van der Waals surface area contributed by atoms with Crippen molar-refractivity contribution in [2.75, 3.05) is 71.4 Å². The summed E-state index contributed by atoms with van der Waals surface area (Å²) in [6.07, 6.45) is 15.2. The van der Waals surface area contributed by atoms with Crippen molar-refractivity contribution in [2.24, 2.45) is 17.5 Å². The zero-order chi connectivity index (χ0) is 53.7. The third-order valence-corrected chi connectivity index (χ3v) is 13.7. The molecule has 0 aliphatic carbocycles. The summed E-state index contributed by atoms with van der Waals surface area (Å²) < 4.78 is 1.95. The topological polar surface area (TPSA) is 172 Å². The van der Waals surface area contributed by atoms with Gasteiger partial charge in [-0.05, 0) is 126 Å². The largest absolute Gasteiger partial charge is 0.392 e. The van der Waals surface area contributed by atoms with Gasteiger partial charge in [0.15, 0.2) is 5.82 Å². The van der Waals surface area contributed by atoms with Gasteiger partial charge in [0, 0.05) is 100 Å². The zero-order valence-corrected chi connectivity index (χ0v) is 46.9. The lowest BCUT2D eigenvalue weighted by atomic mass is 9.88. The number of anilines is 1. The number of likely N-dealkylation sites (tertiary alicyclic amines) is 1. The van der Waals surface area contributed by atoms with Crippen LogP contribution in [0.1, 0.15) is 101 Å². The van der Waals surface area contributed by atoms with E-state index >= 15 is 0 Å². The van der Waals surface area contributed by atoms with Crippen molar-refractivity contribution in [3.8, 4) is 0 Å². The molecule has 6 rings (SSSR count). The number of H-pyrrole nitrogens is 1. The first-order valence-electron chi connectivity index (χ1n) is 25.1.